The van der Waals surface area contributed by atoms with Crippen LogP contribution in [0.3, 0.4) is 0 Å². The maximum Gasteiger partial charge on any atom is 1.00 e. The van der Waals surface area contributed by atoms with Gasteiger partial charge in [-0.05, 0) is 61.5 Å². The second-order valence-corrected chi connectivity index (χ2v) is 18.5. The van der Waals surface area contributed by atoms with Crippen molar-refractivity contribution < 1.29 is 216 Å². The summed E-state index contributed by atoms with van der Waals surface area (Å²) in [4.78, 5) is 32.7. The van der Waals surface area contributed by atoms with E-state index in [4.69, 9.17) is 47.8 Å². The van der Waals surface area contributed by atoms with Crippen LogP contribution in [0, 0.1) is 98.5 Å². The van der Waals surface area contributed by atoms with Crippen LogP contribution in [0.1, 0.15) is 59.4 Å². The van der Waals surface area contributed by atoms with Crippen molar-refractivity contribution in [2.75, 3.05) is 0 Å². The van der Waals surface area contributed by atoms with Gasteiger partial charge in [-0.25, -0.2) is 60.3 Å². The summed E-state index contributed by atoms with van der Waals surface area (Å²) in [5.41, 5.74) is 8.14. The summed E-state index contributed by atoms with van der Waals surface area (Å²) in [5, 5.41) is 30.6. The van der Waals surface area contributed by atoms with Crippen molar-refractivity contribution in [1.82, 2.24) is 60.3 Å². The Morgan fingerprint density at radius 3 is 0.872 bits per heavy atom. The SMILES string of the molecule is CC#N.CC#N.Cc1cc(C)[n+]2[n-]cnc2n1.Cc1cc(C)[n+]2[n-]cnc2n1.Cc1cc(C)[n+]2[n-]cnc2n1.Cc1cc(C)[n+]2nc[n-]c2n1.F[P-](F)(F)(F)(F)F.F[P-](F)(F)(F)(F)F.[Ag+].[Ag+].[Ag+].[Ag+].[O-][Cl+3]([O-])([O-])[O-].[O-][Cl+3]([O-])([O-])[O-]. The van der Waals surface area contributed by atoms with Crippen LogP contribution in [-0.4, -0.2) is 40.0 Å². The zero-order valence-electron chi connectivity index (χ0n) is 40.3. The van der Waals surface area contributed by atoms with Gasteiger partial charge in [-0.2, -0.15) is 20.6 Å². The van der Waals surface area contributed by atoms with Crippen molar-refractivity contribution in [2.45, 2.75) is 69.2 Å². The summed E-state index contributed by atoms with van der Waals surface area (Å²) in [5.74, 6) is 2.68. The van der Waals surface area contributed by atoms with E-state index in [0.29, 0.717) is 23.1 Å². The van der Waals surface area contributed by atoms with Crippen LogP contribution in [0.25, 0.3) is 23.1 Å². The second kappa shape index (κ2) is 32.8. The average molecular weight is 1600 g/mol. The molecule has 0 aromatic carbocycles. The molecule has 0 radical (unpaired) electrons. The van der Waals surface area contributed by atoms with Gasteiger partial charge in [0.15, 0.2) is 0 Å². The molecule has 8 aromatic heterocycles. The molecule has 0 bridgehead atoms. The summed E-state index contributed by atoms with van der Waals surface area (Å²) >= 11 is 0. The molecule has 0 aliphatic rings. The van der Waals surface area contributed by atoms with Crippen LogP contribution in [0.15, 0.2) is 49.6 Å². The van der Waals surface area contributed by atoms with E-state index in [-0.39, 0.29) is 89.5 Å². The maximum absolute atomic E-state index is 10.7. The number of nitrogens with zero attached hydrogens (tertiary/aromatic N) is 18. The van der Waals surface area contributed by atoms with Crippen molar-refractivity contribution in [3.05, 3.63) is 95.1 Å². The van der Waals surface area contributed by atoms with Gasteiger partial charge < -0.3 is 30.2 Å². The Bertz CT molecular complexity index is 2750. The molecule has 0 unspecified atom stereocenters. The summed E-state index contributed by atoms with van der Waals surface area (Å²) in [6.45, 7) is 18.6. The Balaban J connectivity index is -0.000000189. The predicted octanol–water partition coefficient (Wildman–Crippen LogP) is -2.54. The minimum Gasteiger partial charge on any atom is -0.222 e. The summed E-state index contributed by atoms with van der Waals surface area (Å²) in [7, 11) is -31.2. The minimum absolute atomic E-state index is 0. The third-order valence-electron chi connectivity index (χ3n) is 6.23. The monoisotopic (exact) mass is 1590 g/mol. The number of halogens is 14. The summed E-state index contributed by atoms with van der Waals surface area (Å²) < 4.78 is 193. The van der Waals surface area contributed by atoms with E-state index in [0.717, 1.165) is 45.6 Å². The molecule has 0 spiro atoms. The third kappa shape index (κ3) is 51.8. The summed E-state index contributed by atoms with van der Waals surface area (Å²) in [6.07, 6.45) is 6.03. The van der Waals surface area contributed by atoms with Gasteiger partial charge in [-0.1, -0.05) is 19.0 Å². The van der Waals surface area contributed by atoms with Crippen molar-refractivity contribution in [3.63, 3.8) is 0 Å². The molecule has 8 rings (SSSR count). The van der Waals surface area contributed by atoms with Gasteiger partial charge in [-0.15, -0.1) is 35.4 Å². The number of hydrogen-bond donors (Lipinski definition) is 0. The van der Waals surface area contributed by atoms with Crippen LogP contribution < -0.4 is 75.6 Å². The van der Waals surface area contributed by atoms with Gasteiger partial charge in [0.2, 0.25) is 0 Å². The first-order chi connectivity index (χ1) is 32.8. The standard InChI is InChI=1S/4C7H8N4.2C2H3N.4Ag.2ClHO4.2F6P/c4*1-5-3-6(2)11-7(10-5)8-4-9-11;2*1-2-3;;;;;2*2-1(3,4)5;2*1-7(2,3,4,5)6/h4*3-4H,1-2H3;2*1H3;;;;;2*(H,2,3,4,5);;/q;;;;;;4*+1;;;2*-1/p-2. The number of aryl methyl sites for hydroxylation is 8. The molecule has 0 atom stereocenters. The fourth-order valence-corrected chi connectivity index (χ4v) is 4.46. The van der Waals surface area contributed by atoms with Crippen LogP contribution in [0.5, 0.6) is 0 Å². The average Bonchev–Trinajstić information content (AvgIpc) is 3.97. The molecule has 456 valence electrons. The van der Waals surface area contributed by atoms with E-state index in [1.54, 1.807) is 30.2 Å². The molecule has 8 heterocycles. The fraction of sp³-hybridized carbons (Fsp3) is 0.312. The number of aromatic nitrogens is 16. The minimum atomic E-state index is -10.7. The smallest absolute Gasteiger partial charge is 0.222 e. The Morgan fingerprint density at radius 1 is 0.436 bits per heavy atom. The molecule has 78 heavy (non-hydrogen) atoms. The first kappa shape index (κ1) is 85.7. The Kier molecular flexibility index (Phi) is 36.0. The van der Waals surface area contributed by atoms with E-state index in [2.05, 4.69) is 60.3 Å². The molecule has 8 aromatic rings. The van der Waals surface area contributed by atoms with E-state index in [9.17, 15) is 50.4 Å². The molecule has 0 fully saturated rings. The Hall–Kier alpha value is -3.58. The summed E-state index contributed by atoms with van der Waals surface area (Å²) in [6, 6.07) is 11.4. The molecular formula is C32H38Ag4Cl2F12N18O8P2. The molecule has 0 N–H and O–H groups in total. The number of hydrogen-bond acceptors (Lipinski definition) is 18. The first-order valence-corrected chi connectivity index (χ1v) is 24.9. The van der Waals surface area contributed by atoms with Gasteiger partial charge in [0.25, 0.3) is 23.1 Å². The second-order valence-electron chi connectivity index (χ2n) is 13.2. The molecule has 46 heteroatoms. The Labute approximate surface area is 498 Å². The number of fused-ring (bicyclic) bond motifs is 4. The Morgan fingerprint density at radius 2 is 0.641 bits per heavy atom. The maximum atomic E-state index is 9.87. The van der Waals surface area contributed by atoms with Gasteiger partial charge in [-0.3, -0.25) is 0 Å². The van der Waals surface area contributed by atoms with E-state index in [1.165, 1.54) is 39.2 Å². The number of rotatable bonds is 0. The van der Waals surface area contributed by atoms with Crippen LogP contribution in [0.2, 0.25) is 0 Å². The fourth-order valence-electron chi connectivity index (χ4n) is 4.46. The molecule has 0 saturated heterocycles. The van der Waals surface area contributed by atoms with Crippen LogP contribution >= 0.6 is 15.6 Å². The largest absolute Gasteiger partial charge is 1.00 e. The quantitative estimate of drug-likeness (QED) is 0.0653. The normalized spacial score (nSPS) is 11.9. The van der Waals surface area contributed by atoms with Gasteiger partial charge >= 0.3 is 156 Å². The molecule has 0 aliphatic carbocycles. The third-order valence-corrected chi connectivity index (χ3v) is 6.23. The van der Waals surface area contributed by atoms with Crippen molar-refractivity contribution >= 4 is 38.7 Å². The van der Waals surface area contributed by atoms with Gasteiger partial charge in [0.05, 0.1) is 29.2 Å². The molecule has 0 amide bonds. The first-order valence-electron chi connectivity index (χ1n) is 18.4. The van der Waals surface area contributed by atoms with Crippen LogP contribution in [0.4, 0.5) is 50.4 Å². The van der Waals surface area contributed by atoms with Gasteiger partial charge in [0, 0.05) is 43.4 Å². The van der Waals surface area contributed by atoms with Crippen molar-refractivity contribution in [2.24, 2.45) is 0 Å². The number of nitriles is 2. The van der Waals surface area contributed by atoms with Crippen molar-refractivity contribution in [3.8, 4) is 12.1 Å². The van der Waals surface area contributed by atoms with Crippen LogP contribution in [-0.2, 0) is 89.5 Å². The van der Waals surface area contributed by atoms with Gasteiger partial charge in [0.1, 0.15) is 23.4 Å². The molecular weight excluding hydrogens is 1560 g/mol. The van der Waals surface area contributed by atoms with E-state index < -0.39 is 36.1 Å². The van der Waals surface area contributed by atoms with E-state index >= 15 is 0 Å². The van der Waals surface area contributed by atoms with E-state index in [1.807, 2.05) is 79.7 Å². The molecule has 26 nitrogen and oxygen atoms in total. The zero-order valence-corrected chi connectivity index (χ0v) is 49.6. The topological polar surface area (TPSA) is 408 Å². The molecule has 0 saturated carbocycles. The zero-order chi connectivity index (χ0) is 58.6. The van der Waals surface area contributed by atoms with Crippen molar-refractivity contribution in [1.29, 1.82) is 10.5 Å². The molecule has 0 aliphatic heterocycles. The predicted molar refractivity (Wildman–Crippen MR) is 202 cm³/mol.